The number of rotatable bonds is 1. The molecule has 1 aliphatic carbocycles. The van der Waals surface area contributed by atoms with Gasteiger partial charge in [0.15, 0.2) is 5.96 Å². The number of fused-ring (bicyclic) bond motifs is 5. The zero-order valence-electron chi connectivity index (χ0n) is 21.7. The number of aliphatic imine (C=N–C) groups is 1. The molecule has 4 aliphatic heterocycles. The van der Waals surface area contributed by atoms with Gasteiger partial charge in [-0.3, -0.25) is 14.5 Å². The fraction of sp³-hybridized carbons (Fsp3) is 0.433. The van der Waals surface area contributed by atoms with E-state index in [2.05, 4.69) is 30.5 Å². The Morgan fingerprint density at radius 2 is 2.08 bits per heavy atom. The average molecular weight is 515 g/mol. The van der Waals surface area contributed by atoms with Gasteiger partial charge in [0.1, 0.15) is 5.75 Å². The molecular formula is C30H34N4O4. The number of carbonyl (C=O) groups is 2. The van der Waals surface area contributed by atoms with Crippen LogP contribution in [0.25, 0.3) is 6.08 Å². The standard InChI is InChI=1S/C30H34N4O4/c1-2-30-12-5-3-4-6-18-7-8-19-16-24(35)27(21(19)14-18)32-28(37)20-9-10-25-22(15-20)23(11-13-38-25)34(26(36)17-30)29(31)33-30/h4,6-10,14-15,23-24,27,35H,2-3,5,11-13,16-17H2,1H3,(H2,31,33)(H,32,37)/b6-4+/t23-,24-,27-,30-/m1/s1. The molecule has 2 amide bonds. The lowest BCUT2D eigenvalue weighted by atomic mass is 9.84. The SMILES string of the molecule is CC[C@@]12CCC/C=C/c3ccc4c(c3)[C@@H](NC(=O)c3ccc5c(c3)[C@@H](CCO5)N(C(=O)C1)C(N)=N2)[C@H](O)C4. The van der Waals surface area contributed by atoms with Gasteiger partial charge in [-0.05, 0) is 66.6 Å². The summed E-state index contributed by atoms with van der Waals surface area (Å²) < 4.78 is 5.88. The number of ether oxygens (including phenoxy) is 1. The summed E-state index contributed by atoms with van der Waals surface area (Å²) >= 11 is 0. The number of nitrogens with zero attached hydrogens (tertiary/aromatic N) is 2. The predicted molar refractivity (Wildman–Crippen MR) is 145 cm³/mol. The molecule has 8 nitrogen and oxygen atoms in total. The van der Waals surface area contributed by atoms with Crippen molar-refractivity contribution < 1.29 is 19.4 Å². The van der Waals surface area contributed by atoms with Crippen LogP contribution in [0.4, 0.5) is 0 Å². The highest BCUT2D eigenvalue weighted by Gasteiger charge is 2.42. The van der Waals surface area contributed by atoms with Gasteiger partial charge < -0.3 is 20.9 Å². The molecule has 4 N–H and O–H groups in total. The van der Waals surface area contributed by atoms with Crippen LogP contribution in [-0.4, -0.2) is 46.0 Å². The van der Waals surface area contributed by atoms with Crippen molar-refractivity contribution in [2.24, 2.45) is 10.7 Å². The Labute approximate surface area is 222 Å². The lowest BCUT2D eigenvalue weighted by Crippen LogP contribution is -2.53. The Kier molecular flexibility index (Phi) is 6.22. The van der Waals surface area contributed by atoms with Crippen molar-refractivity contribution in [1.29, 1.82) is 0 Å². The number of hydrogen-bond donors (Lipinski definition) is 3. The van der Waals surface area contributed by atoms with E-state index < -0.39 is 17.7 Å². The first kappa shape index (κ1) is 24.7. The summed E-state index contributed by atoms with van der Waals surface area (Å²) in [6.07, 6.45) is 8.14. The minimum absolute atomic E-state index is 0.0434. The van der Waals surface area contributed by atoms with E-state index in [9.17, 15) is 14.7 Å². The first-order valence-electron chi connectivity index (χ1n) is 13.6. The molecule has 2 aromatic rings. The third kappa shape index (κ3) is 4.26. The summed E-state index contributed by atoms with van der Waals surface area (Å²) in [6, 6.07) is 10.6. The molecule has 0 aromatic heterocycles. The van der Waals surface area contributed by atoms with Gasteiger partial charge in [-0.2, -0.15) is 0 Å². The molecule has 6 bridgehead atoms. The largest absolute Gasteiger partial charge is 0.493 e. The zero-order valence-corrected chi connectivity index (χ0v) is 21.7. The number of amides is 2. The average Bonchev–Trinajstić information content (AvgIpc) is 3.21. The van der Waals surface area contributed by atoms with Crippen molar-refractivity contribution >= 4 is 23.8 Å². The predicted octanol–water partition coefficient (Wildman–Crippen LogP) is 3.79. The molecule has 5 aliphatic rings. The fourth-order valence-corrected chi connectivity index (χ4v) is 6.38. The Morgan fingerprint density at radius 1 is 1.21 bits per heavy atom. The van der Waals surface area contributed by atoms with Crippen molar-refractivity contribution in [1.82, 2.24) is 10.2 Å². The highest BCUT2D eigenvalue weighted by Crippen LogP contribution is 2.41. The minimum Gasteiger partial charge on any atom is -0.493 e. The third-order valence-corrected chi connectivity index (χ3v) is 8.53. The van der Waals surface area contributed by atoms with E-state index in [1.54, 1.807) is 23.1 Å². The van der Waals surface area contributed by atoms with Gasteiger partial charge in [0, 0.05) is 24.0 Å². The van der Waals surface area contributed by atoms with E-state index >= 15 is 0 Å². The van der Waals surface area contributed by atoms with Gasteiger partial charge in [0.2, 0.25) is 5.91 Å². The topological polar surface area (TPSA) is 117 Å². The van der Waals surface area contributed by atoms with Crippen LogP contribution in [0.2, 0.25) is 0 Å². The summed E-state index contributed by atoms with van der Waals surface area (Å²) in [5.74, 6) is 0.545. The smallest absolute Gasteiger partial charge is 0.251 e. The maximum atomic E-state index is 13.6. The van der Waals surface area contributed by atoms with E-state index in [0.29, 0.717) is 37.2 Å². The van der Waals surface area contributed by atoms with Crippen molar-refractivity contribution in [3.05, 3.63) is 70.3 Å². The quantitative estimate of drug-likeness (QED) is 0.535. The highest BCUT2D eigenvalue weighted by atomic mass is 16.5. The molecule has 0 fully saturated rings. The summed E-state index contributed by atoms with van der Waals surface area (Å²) in [5.41, 5.74) is 10.2. The van der Waals surface area contributed by atoms with Gasteiger partial charge in [-0.1, -0.05) is 31.2 Å². The number of carbonyl (C=O) groups excluding carboxylic acids is 2. The third-order valence-electron chi connectivity index (χ3n) is 8.53. The van der Waals surface area contributed by atoms with Gasteiger partial charge in [-0.15, -0.1) is 0 Å². The lowest BCUT2D eigenvalue weighted by molar-refractivity contribution is -0.132. The minimum atomic E-state index is -0.698. The van der Waals surface area contributed by atoms with E-state index in [4.69, 9.17) is 15.5 Å². The molecule has 38 heavy (non-hydrogen) atoms. The van der Waals surface area contributed by atoms with Crippen LogP contribution in [0.3, 0.4) is 0 Å². The van der Waals surface area contributed by atoms with Crippen LogP contribution in [0, 0.1) is 0 Å². The van der Waals surface area contributed by atoms with E-state index in [1.165, 1.54) is 0 Å². The molecule has 0 unspecified atom stereocenters. The Bertz CT molecular complexity index is 1350. The number of benzene rings is 2. The lowest BCUT2D eigenvalue weighted by Gasteiger charge is -2.42. The van der Waals surface area contributed by atoms with Gasteiger partial charge in [0.05, 0.1) is 36.8 Å². The second kappa shape index (κ2) is 9.58. The Hall–Kier alpha value is -3.65. The summed E-state index contributed by atoms with van der Waals surface area (Å²) in [4.78, 5) is 33.5. The Balaban J connectivity index is 1.43. The van der Waals surface area contributed by atoms with Gasteiger partial charge in [0.25, 0.3) is 5.91 Å². The summed E-state index contributed by atoms with van der Waals surface area (Å²) in [6.45, 7) is 2.51. The second-order valence-electron chi connectivity index (χ2n) is 10.9. The molecule has 0 radical (unpaired) electrons. The maximum Gasteiger partial charge on any atom is 0.251 e. The number of allylic oxidation sites excluding steroid dienone is 1. The zero-order chi connectivity index (χ0) is 26.4. The highest BCUT2D eigenvalue weighted by molar-refractivity contribution is 6.00. The number of hydrogen-bond acceptors (Lipinski definition) is 6. The van der Waals surface area contributed by atoms with E-state index in [1.807, 2.05) is 12.1 Å². The molecule has 2 aromatic carbocycles. The molecule has 0 saturated carbocycles. The summed E-state index contributed by atoms with van der Waals surface area (Å²) in [5, 5.41) is 13.9. The molecule has 7 rings (SSSR count). The van der Waals surface area contributed by atoms with Gasteiger partial charge in [-0.25, -0.2) is 4.99 Å². The molecule has 4 heterocycles. The number of guanidine groups is 1. The van der Waals surface area contributed by atoms with Crippen molar-refractivity contribution in [2.45, 2.75) is 75.6 Å². The molecule has 8 heteroatoms. The van der Waals surface area contributed by atoms with E-state index in [0.717, 1.165) is 47.9 Å². The summed E-state index contributed by atoms with van der Waals surface area (Å²) in [7, 11) is 0. The van der Waals surface area contributed by atoms with Crippen LogP contribution < -0.4 is 15.8 Å². The monoisotopic (exact) mass is 514 g/mol. The molecule has 4 atom stereocenters. The van der Waals surface area contributed by atoms with Crippen LogP contribution in [0.1, 0.15) is 90.1 Å². The molecule has 198 valence electrons. The molecule has 0 spiro atoms. The molecular weight excluding hydrogens is 480 g/mol. The van der Waals surface area contributed by atoms with Crippen LogP contribution in [-0.2, 0) is 11.2 Å². The number of nitrogens with two attached hydrogens (primary N) is 1. The maximum absolute atomic E-state index is 13.6. The second-order valence-corrected chi connectivity index (χ2v) is 10.9. The van der Waals surface area contributed by atoms with Crippen LogP contribution in [0.15, 0.2) is 47.5 Å². The number of aliphatic hydroxyl groups excluding tert-OH is 1. The van der Waals surface area contributed by atoms with Gasteiger partial charge >= 0.3 is 0 Å². The first-order valence-corrected chi connectivity index (χ1v) is 13.6. The molecule has 0 saturated heterocycles. The number of aliphatic hydroxyl groups is 1. The van der Waals surface area contributed by atoms with Crippen molar-refractivity contribution in [3.8, 4) is 5.75 Å². The van der Waals surface area contributed by atoms with Crippen molar-refractivity contribution in [2.75, 3.05) is 6.61 Å². The number of nitrogens with one attached hydrogen (secondary N) is 1. The fourth-order valence-electron chi connectivity index (χ4n) is 6.38. The van der Waals surface area contributed by atoms with Crippen LogP contribution >= 0.6 is 0 Å². The van der Waals surface area contributed by atoms with Crippen molar-refractivity contribution in [3.63, 3.8) is 0 Å². The van der Waals surface area contributed by atoms with E-state index in [-0.39, 0.29) is 23.8 Å². The normalized spacial score (nSPS) is 29.5. The van der Waals surface area contributed by atoms with Crippen LogP contribution in [0.5, 0.6) is 5.75 Å². The Morgan fingerprint density at radius 3 is 2.89 bits per heavy atom. The first-order chi connectivity index (χ1) is 18.4.